The second-order valence-electron chi connectivity index (χ2n) is 7.41. The molecule has 1 aromatic carbocycles. The van der Waals surface area contributed by atoms with Crippen molar-refractivity contribution in [3.8, 4) is 0 Å². The topological polar surface area (TPSA) is 82.4 Å². The summed E-state index contributed by atoms with van der Waals surface area (Å²) in [6, 6.07) is 11.8. The molecule has 0 amide bonds. The lowest BCUT2D eigenvalue weighted by atomic mass is 10.1. The van der Waals surface area contributed by atoms with E-state index in [4.69, 9.17) is 4.74 Å². The van der Waals surface area contributed by atoms with E-state index in [9.17, 15) is 18.0 Å². The second-order valence-corrected chi connectivity index (χ2v) is 9.64. The van der Waals surface area contributed by atoms with Gasteiger partial charge in [0.1, 0.15) is 0 Å². The summed E-state index contributed by atoms with van der Waals surface area (Å²) in [4.78, 5) is 24.5. The van der Waals surface area contributed by atoms with E-state index in [1.807, 2.05) is 50.2 Å². The fraction of sp³-hybridized carbons (Fsp3) is 0.429. The summed E-state index contributed by atoms with van der Waals surface area (Å²) < 4.78 is 30.1. The summed E-state index contributed by atoms with van der Waals surface area (Å²) in [5.41, 5.74) is 3.49. The lowest BCUT2D eigenvalue weighted by molar-refractivity contribution is -0.143. The Morgan fingerprint density at radius 2 is 1.89 bits per heavy atom. The van der Waals surface area contributed by atoms with Crippen LogP contribution < -0.4 is 0 Å². The average Bonchev–Trinajstić information content (AvgIpc) is 3.13. The first kappa shape index (κ1) is 20.3. The fourth-order valence-corrected chi connectivity index (χ4v) is 5.51. The average molecular weight is 404 g/mol. The number of ketones is 1. The van der Waals surface area contributed by atoms with Gasteiger partial charge in [0.25, 0.3) is 0 Å². The van der Waals surface area contributed by atoms with Gasteiger partial charge in [-0.15, -0.1) is 0 Å². The van der Waals surface area contributed by atoms with Crippen molar-refractivity contribution in [3.63, 3.8) is 0 Å². The van der Waals surface area contributed by atoms with Gasteiger partial charge in [-0.25, -0.2) is 8.42 Å². The highest BCUT2D eigenvalue weighted by Crippen LogP contribution is 2.22. The molecule has 0 unspecified atom stereocenters. The molecule has 0 N–H and O–H groups in total. The number of carbonyl (C=O) groups is 2. The Bertz CT molecular complexity index is 976. The van der Waals surface area contributed by atoms with Crippen LogP contribution in [0.15, 0.2) is 36.4 Å². The zero-order valence-electron chi connectivity index (χ0n) is 16.2. The largest absolute Gasteiger partial charge is 0.457 e. The molecule has 0 radical (unpaired) electrons. The monoisotopic (exact) mass is 403 g/mol. The predicted octanol–water partition coefficient (Wildman–Crippen LogP) is 2.70. The van der Waals surface area contributed by atoms with Crippen LogP contribution in [-0.2, 0) is 25.9 Å². The van der Waals surface area contributed by atoms with Crippen LogP contribution in [0.3, 0.4) is 0 Å². The maximum Gasteiger partial charge on any atom is 0.306 e. The molecule has 1 aliphatic rings. The van der Waals surface area contributed by atoms with Gasteiger partial charge in [-0.1, -0.05) is 30.3 Å². The number of nitrogens with zero attached hydrogens (tertiary/aromatic N) is 1. The summed E-state index contributed by atoms with van der Waals surface area (Å²) in [5.74, 6) is -0.828. The number of hydrogen-bond donors (Lipinski definition) is 0. The number of aryl methyl sites for hydroxylation is 1. The predicted molar refractivity (Wildman–Crippen MR) is 106 cm³/mol. The van der Waals surface area contributed by atoms with Crippen LogP contribution in [0, 0.1) is 19.8 Å². The SMILES string of the molecule is Cc1cc(C(=O)COC(=O)C[C@@H]2CCS(=O)(=O)C2)c(C)n1Cc1ccccc1. The van der Waals surface area contributed by atoms with Gasteiger partial charge in [-0.05, 0) is 37.8 Å². The first-order valence-electron chi connectivity index (χ1n) is 9.35. The Kier molecular flexibility index (Phi) is 6.03. The number of carbonyl (C=O) groups excluding carboxylic acids is 2. The molecule has 6 nitrogen and oxygen atoms in total. The molecule has 0 saturated carbocycles. The van der Waals surface area contributed by atoms with E-state index >= 15 is 0 Å². The van der Waals surface area contributed by atoms with E-state index in [0.717, 1.165) is 17.0 Å². The highest BCUT2D eigenvalue weighted by molar-refractivity contribution is 7.91. The minimum atomic E-state index is -3.03. The molecule has 28 heavy (non-hydrogen) atoms. The highest BCUT2D eigenvalue weighted by Gasteiger charge is 2.30. The lowest BCUT2D eigenvalue weighted by Crippen LogP contribution is -2.18. The summed E-state index contributed by atoms with van der Waals surface area (Å²) in [7, 11) is -3.03. The lowest BCUT2D eigenvalue weighted by Gasteiger charge is -2.10. The minimum Gasteiger partial charge on any atom is -0.457 e. The van der Waals surface area contributed by atoms with Crippen molar-refractivity contribution in [2.75, 3.05) is 18.1 Å². The molecule has 150 valence electrons. The third-order valence-corrected chi connectivity index (χ3v) is 7.04. The number of esters is 1. The van der Waals surface area contributed by atoms with Crippen LogP contribution in [0.1, 0.15) is 40.2 Å². The minimum absolute atomic E-state index is 0.0245. The Hall–Kier alpha value is -2.41. The smallest absolute Gasteiger partial charge is 0.306 e. The first-order chi connectivity index (χ1) is 13.2. The maximum absolute atomic E-state index is 12.5. The van der Waals surface area contributed by atoms with Crippen LogP contribution in [0.25, 0.3) is 0 Å². The Morgan fingerprint density at radius 3 is 2.54 bits per heavy atom. The molecular weight excluding hydrogens is 378 g/mol. The van der Waals surface area contributed by atoms with Crippen LogP contribution in [0.4, 0.5) is 0 Å². The van der Waals surface area contributed by atoms with Gasteiger partial charge >= 0.3 is 5.97 Å². The highest BCUT2D eigenvalue weighted by atomic mass is 32.2. The van der Waals surface area contributed by atoms with Crippen LogP contribution in [0.2, 0.25) is 0 Å². The molecule has 3 rings (SSSR count). The Labute approximate surface area is 165 Å². The molecule has 0 aliphatic carbocycles. The molecule has 7 heteroatoms. The maximum atomic E-state index is 12.5. The number of benzene rings is 1. The molecular formula is C21H25NO5S. The van der Waals surface area contributed by atoms with Crippen molar-refractivity contribution in [2.45, 2.75) is 33.2 Å². The molecule has 2 aromatic rings. The number of sulfone groups is 1. The van der Waals surface area contributed by atoms with E-state index < -0.39 is 15.8 Å². The third kappa shape index (κ3) is 4.90. The van der Waals surface area contributed by atoms with Gasteiger partial charge in [-0.2, -0.15) is 0 Å². The molecule has 0 spiro atoms. The van der Waals surface area contributed by atoms with E-state index in [1.165, 1.54) is 0 Å². The molecule has 1 aromatic heterocycles. The number of aromatic nitrogens is 1. The summed E-state index contributed by atoms with van der Waals surface area (Å²) in [6.45, 7) is 4.17. The van der Waals surface area contributed by atoms with Crippen LogP contribution in [0.5, 0.6) is 0 Å². The molecule has 1 aliphatic heterocycles. The summed E-state index contributed by atoms with van der Waals surface area (Å²) >= 11 is 0. The van der Waals surface area contributed by atoms with Gasteiger partial charge in [-0.3, -0.25) is 9.59 Å². The molecule has 1 saturated heterocycles. The first-order valence-corrected chi connectivity index (χ1v) is 11.2. The van der Waals surface area contributed by atoms with Crippen LogP contribution in [-0.4, -0.2) is 42.9 Å². The fourth-order valence-electron chi connectivity index (χ4n) is 3.64. The Morgan fingerprint density at radius 1 is 1.18 bits per heavy atom. The van der Waals surface area contributed by atoms with Gasteiger partial charge in [0.15, 0.2) is 16.4 Å². The van der Waals surface area contributed by atoms with Crippen molar-refractivity contribution >= 4 is 21.6 Å². The van der Waals surface area contributed by atoms with Gasteiger partial charge in [0.2, 0.25) is 5.78 Å². The van der Waals surface area contributed by atoms with Gasteiger partial charge in [0, 0.05) is 29.9 Å². The third-order valence-electron chi connectivity index (χ3n) is 5.20. The van der Waals surface area contributed by atoms with E-state index in [2.05, 4.69) is 4.57 Å². The van der Waals surface area contributed by atoms with Crippen LogP contribution >= 0.6 is 0 Å². The van der Waals surface area contributed by atoms with E-state index in [0.29, 0.717) is 18.5 Å². The van der Waals surface area contributed by atoms with Gasteiger partial charge < -0.3 is 9.30 Å². The second kappa shape index (κ2) is 8.31. The normalized spacial score (nSPS) is 18.1. The molecule has 1 fully saturated rings. The number of ether oxygens (including phenoxy) is 1. The van der Waals surface area contributed by atoms with Crippen molar-refractivity contribution in [1.82, 2.24) is 4.57 Å². The Balaban J connectivity index is 1.59. The summed E-state index contributed by atoms with van der Waals surface area (Å²) in [6.07, 6.45) is 0.519. The molecule has 2 heterocycles. The number of rotatable bonds is 7. The van der Waals surface area contributed by atoms with Crippen molar-refractivity contribution in [2.24, 2.45) is 5.92 Å². The quantitative estimate of drug-likeness (QED) is 0.524. The van der Waals surface area contributed by atoms with E-state index in [1.54, 1.807) is 0 Å². The number of Topliss-reactive ketones (excluding diaryl/α,β-unsaturated/α-hetero) is 1. The standard InChI is InChI=1S/C21H25NO5S/c1-15-10-19(16(2)22(15)12-17-6-4-3-5-7-17)20(23)13-27-21(24)11-18-8-9-28(25,26)14-18/h3-7,10,18H,8-9,11-14H2,1-2H3/t18-/m0/s1. The zero-order chi connectivity index (χ0) is 20.3. The summed E-state index contributed by atoms with van der Waals surface area (Å²) in [5, 5.41) is 0. The van der Waals surface area contributed by atoms with Crippen molar-refractivity contribution < 1.29 is 22.7 Å². The molecule has 1 atom stereocenters. The van der Waals surface area contributed by atoms with Gasteiger partial charge in [0.05, 0.1) is 11.5 Å². The van der Waals surface area contributed by atoms with E-state index in [-0.39, 0.29) is 36.2 Å². The zero-order valence-corrected chi connectivity index (χ0v) is 17.0. The van der Waals surface area contributed by atoms with Crippen molar-refractivity contribution in [3.05, 3.63) is 58.9 Å². The number of hydrogen-bond acceptors (Lipinski definition) is 5. The van der Waals surface area contributed by atoms with Crippen molar-refractivity contribution in [1.29, 1.82) is 0 Å². The molecule has 0 bridgehead atoms.